The van der Waals surface area contributed by atoms with Crippen molar-refractivity contribution in [2.24, 2.45) is 5.92 Å². The lowest BCUT2D eigenvalue weighted by Crippen LogP contribution is -2.32. The van der Waals surface area contributed by atoms with E-state index in [1.165, 1.54) is 0 Å². The molecule has 1 unspecified atom stereocenters. The number of ether oxygens (including phenoxy) is 1. The van der Waals surface area contributed by atoms with Gasteiger partial charge in [-0.3, -0.25) is 4.79 Å². The van der Waals surface area contributed by atoms with Crippen molar-refractivity contribution in [3.8, 4) is 5.75 Å². The fourth-order valence-electron chi connectivity index (χ4n) is 2.11. The van der Waals surface area contributed by atoms with Crippen molar-refractivity contribution in [3.63, 3.8) is 0 Å². The van der Waals surface area contributed by atoms with Gasteiger partial charge in [-0.1, -0.05) is 32.0 Å². The minimum Gasteiger partial charge on any atom is -0.496 e. The predicted molar refractivity (Wildman–Crippen MR) is 79.8 cm³/mol. The van der Waals surface area contributed by atoms with Gasteiger partial charge in [0.05, 0.1) is 13.2 Å². The summed E-state index contributed by atoms with van der Waals surface area (Å²) in [5.41, 5.74) is 1.02. The van der Waals surface area contributed by atoms with E-state index in [1.807, 2.05) is 38.1 Å². The summed E-state index contributed by atoms with van der Waals surface area (Å²) in [6, 6.07) is 7.69. The number of hydrogen-bond acceptors (Lipinski definition) is 3. The maximum Gasteiger partial charge on any atom is 0.220 e. The van der Waals surface area contributed by atoms with Crippen LogP contribution in [0.2, 0.25) is 0 Å². The summed E-state index contributed by atoms with van der Waals surface area (Å²) in [5.74, 6) is 1.19. The Kier molecular flexibility index (Phi) is 7.09. The third-order valence-electron chi connectivity index (χ3n) is 3.09. The molecule has 0 aliphatic heterocycles. The van der Waals surface area contributed by atoms with Crippen LogP contribution in [-0.4, -0.2) is 30.8 Å². The minimum atomic E-state index is -0.467. The number of nitrogens with one attached hydrogen (secondary N) is 1. The molecule has 1 rings (SSSR count). The van der Waals surface area contributed by atoms with Crippen LogP contribution < -0.4 is 10.1 Å². The summed E-state index contributed by atoms with van der Waals surface area (Å²) in [6.07, 6.45) is 1.27. The van der Waals surface area contributed by atoms with Gasteiger partial charge in [0.25, 0.3) is 0 Å². The number of aliphatic hydroxyl groups is 1. The number of methoxy groups -OCH3 is 1. The minimum absolute atomic E-state index is 0.0429. The van der Waals surface area contributed by atoms with Crippen LogP contribution >= 0.6 is 0 Å². The Morgan fingerprint density at radius 3 is 2.70 bits per heavy atom. The molecular formula is C16H25NO3. The zero-order valence-electron chi connectivity index (χ0n) is 12.6. The highest BCUT2D eigenvalue weighted by atomic mass is 16.5. The van der Waals surface area contributed by atoms with Crippen LogP contribution in [0, 0.1) is 5.92 Å². The first-order valence-electron chi connectivity index (χ1n) is 7.09. The van der Waals surface area contributed by atoms with Crippen LogP contribution in [0.25, 0.3) is 0 Å². The number of para-hydroxylation sites is 1. The van der Waals surface area contributed by atoms with Gasteiger partial charge in [-0.15, -0.1) is 0 Å². The number of benzene rings is 1. The van der Waals surface area contributed by atoms with E-state index >= 15 is 0 Å². The topological polar surface area (TPSA) is 58.6 Å². The van der Waals surface area contributed by atoms with Gasteiger partial charge in [0.1, 0.15) is 5.75 Å². The molecule has 2 N–H and O–H groups in total. The summed E-state index contributed by atoms with van der Waals surface area (Å²) >= 11 is 0. The molecule has 20 heavy (non-hydrogen) atoms. The number of amides is 1. The molecule has 0 aliphatic rings. The molecule has 0 heterocycles. The second kappa shape index (κ2) is 8.59. The molecule has 0 spiro atoms. The number of carbonyl (C=O) groups excluding carboxylic acids is 1. The van der Waals surface area contributed by atoms with Crippen LogP contribution in [0.15, 0.2) is 24.3 Å². The Balaban J connectivity index is 2.33. The highest BCUT2D eigenvalue weighted by Crippen LogP contribution is 2.18. The number of hydrogen-bond donors (Lipinski definition) is 2. The van der Waals surface area contributed by atoms with Crippen LogP contribution in [0.3, 0.4) is 0 Å². The Hall–Kier alpha value is -1.55. The van der Waals surface area contributed by atoms with E-state index in [9.17, 15) is 9.90 Å². The fourth-order valence-corrected chi connectivity index (χ4v) is 2.11. The molecule has 1 aromatic carbocycles. The average Bonchev–Trinajstić information content (AvgIpc) is 2.42. The Morgan fingerprint density at radius 2 is 2.05 bits per heavy atom. The number of carbonyl (C=O) groups is 1. The number of aryl methyl sites for hydroxylation is 1. The van der Waals surface area contributed by atoms with Gasteiger partial charge >= 0.3 is 0 Å². The van der Waals surface area contributed by atoms with Gasteiger partial charge in [-0.05, 0) is 30.4 Å². The summed E-state index contributed by atoms with van der Waals surface area (Å²) in [6.45, 7) is 4.42. The maximum absolute atomic E-state index is 11.7. The predicted octanol–water partition coefficient (Wildman–Crippen LogP) is 2.15. The lowest BCUT2D eigenvalue weighted by Gasteiger charge is -2.14. The van der Waals surface area contributed by atoms with E-state index in [0.717, 1.165) is 11.3 Å². The third-order valence-corrected chi connectivity index (χ3v) is 3.09. The molecule has 1 atom stereocenters. The number of rotatable bonds is 8. The van der Waals surface area contributed by atoms with Crippen molar-refractivity contribution >= 4 is 5.91 Å². The zero-order valence-corrected chi connectivity index (χ0v) is 12.6. The van der Waals surface area contributed by atoms with Gasteiger partial charge in [0.15, 0.2) is 0 Å². The van der Waals surface area contributed by atoms with Gasteiger partial charge in [-0.25, -0.2) is 0 Å². The molecule has 1 amide bonds. The second-order valence-electron chi connectivity index (χ2n) is 5.40. The van der Waals surface area contributed by atoms with Crippen LogP contribution in [0.4, 0.5) is 0 Å². The summed E-state index contributed by atoms with van der Waals surface area (Å²) in [5, 5.41) is 12.5. The monoisotopic (exact) mass is 279 g/mol. The van der Waals surface area contributed by atoms with E-state index in [0.29, 0.717) is 31.7 Å². The van der Waals surface area contributed by atoms with Crippen molar-refractivity contribution in [1.82, 2.24) is 5.32 Å². The van der Waals surface area contributed by atoms with Gasteiger partial charge in [0, 0.05) is 13.0 Å². The Morgan fingerprint density at radius 1 is 1.35 bits per heavy atom. The van der Waals surface area contributed by atoms with Crippen molar-refractivity contribution < 1.29 is 14.6 Å². The molecule has 0 radical (unpaired) electrons. The van der Waals surface area contributed by atoms with Crippen molar-refractivity contribution in [2.45, 2.75) is 39.2 Å². The molecular weight excluding hydrogens is 254 g/mol. The first kappa shape index (κ1) is 16.5. The molecule has 0 fully saturated rings. The lowest BCUT2D eigenvalue weighted by atomic mass is 10.1. The smallest absolute Gasteiger partial charge is 0.220 e. The van der Waals surface area contributed by atoms with Crippen LogP contribution in [0.1, 0.15) is 32.3 Å². The van der Waals surface area contributed by atoms with E-state index in [-0.39, 0.29) is 5.91 Å². The molecule has 4 heteroatoms. The van der Waals surface area contributed by atoms with E-state index in [4.69, 9.17) is 4.74 Å². The van der Waals surface area contributed by atoms with Crippen LogP contribution in [-0.2, 0) is 11.2 Å². The zero-order chi connectivity index (χ0) is 15.0. The Bertz CT molecular complexity index is 418. The second-order valence-corrected chi connectivity index (χ2v) is 5.40. The molecule has 0 aliphatic carbocycles. The maximum atomic E-state index is 11.7. The normalized spacial score (nSPS) is 12.2. The summed E-state index contributed by atoms with van der Waals surface area (Å²) < 4.78 is 5.25. The van der Waals surface area contributed by atoms with E-state index < -0.39 is 6.10 Å². The highest BCUT2D eigenvalue weighted by molar-refractivity contribution is 5.76. The largest absolute Gasteiger partial charge is 0.496 e. The first-order chi connectivity index (χ1) is 9.52. The molecule has 0 aromatic heterocycles. The number of aliphatic hydroxyl groups excluding tert-OH is 1. The van der Waals surface area contributed by atoms with Gasteiger partial charge < -0.3 is 15.2 Å². The SMILES string of the molecule is COc1ccccc1CCC(=O)NCC(O)CC(C)C. The van der Waals surface area contributed by atoms with Gasteiger partial charge in [0.2, 0.25) is 5.91 Å². The van der Waals surface area contributed by atoms with E-state index in [2.05, 4.69) is 5.32 Å². The fraction of sp³-hybridized carbons (Fsp3) is 0.562. The van der Waals surface area contributed by atoms with Crippen molar-refractivity contribution in [3.05, 3.63) is 29.8 Å². The summed E-state index contributed by atoms with van der Waals surface area (Å²) in [4.78, 5) is 11.7. The molecule has 0 saturated carbocycles. The molecule has 1 aromatic rings. The standard InChI is InChI=1S/C16H25NO3/c1-12(2)10-14(18)11-17-16(19)9-8-13-6-4-5-7-15(13)20-3/h4-7,12,14,18H,8-11H2,1-3H3,(H,17,19). The van der Waals surface area contributed by atoms with Crippen LogP contribution in [0.5, 0.6) is 5.75 Å². The Labute approximate surface area is 121 Å². The first-order valence-corrected chi connectivity index (χ1v) is 7.09. The molecule has 0 saturated heterocycles. The van der Waals surface area contributed by atoms with E-state index in [1.54, 1.807) is 7.11 Å². The quantitative estimate of drug-likeness (QED) is 0.766. The highest BCUT2D eigenvalue weighted by Gasteiger charge is 2.10. The average molecular weight is 279 g/mol. The van der Waals surface area contributed by atoms with Crippen molar-refractivity contribution in [2.75, 3.05) is 13.7 Å². The molecule has 4 nitrogen and oxygen atoms in total. The summed E-state index contributed by atoms with van der Waals surface area (Å²) in [7, 11) is 1.63. The van der Waals surface area contributed by atoms with Crippen molar-refractivity contribution in [1.29, 1.82) is 0 Å². The molecule has 112 valence electrons. The third kappa shape index (κ3) is 6.06. The molecule has 0 bridgehead atoms. The lowest BCUT2D eigenvalue weighted by molar-refractivity contribution is -0.121. The van der Waals surface area contributed by atoms with Gasteiger partial charge in [-0.2, -0.15) is 0 Å².